The van der Waals surface area contributed by atoms with Crippen molar-refractivity contribution < 1.29 is 9.18 Å². The van der Waals surface area contributed by atoms with Crippen LogP contribution in [0.5, 0.6) is 0 Å². The average molecular weight is 248 g/mol. The second kappa shape index (κ2) is 4.35. The summed E-state index contributed by atoms with van der Waals surface area (Å²) < 4.78 is 13.2. The van der Waals surface area contributed by atoms with Crippen LogP contribution in [0.4, 0.5) is 4.39 Å². The second-order valence-corrected chi connectivity index (χ2v) is 5.25. The minimum absolute atomic E-state index is 0.0699. The predicted octanol–water partition coefficient (Wildman–Crippen LogP) is 1.90. The highest BCUT2D eigenvalue weighted by molar-refractivity contribution is 5.87. The molecular weight excluding hydrogens is 231 g/mol. The minimum atomic E-state index is -0.357. The maximum Gasteiger partial charge on any atom is 0.240 e. The Morgan fingerprint density at radius 3 is 2.72 bits per heavy atom. The quantitative estimate of drug-likeness (QED) is 0.797. The van der Waals surface area contributed by atoms with E-state index in [4.69, 9.17) is 0 Å². The topological polar surface area (TPSA) is 41.1 Å². The number of halogens is 1. The fourth-order valence-electron chi connectivity index (χ4n) is 3.03. The summed E-state index contributed by atoms with van der Waals surface area (Å²) in [5, 5.41) is 6.40. The van der Waals surface area contributed by atoms with Crippen molar-refractivity contribution in [2.75, 3.05) is 6.54 Å². The molecule has 1 saturated heterocycles. The highest BCUT2D eigenvalue weighted by Gasteiger charge is 2.44. The van der Waals surface area contributed by atoms with Gasteiger partial charge in [-0.2, -0.15) is 0 Å². The van der Waals surface area contributed by atoms with Crippen molar-refractivity contribution in [1.29, 1.82) is 0 Å². The van der Waals surface area contributed by atoms with Crippen molar-refractivity contribution >= 4 is 5.91 Å². The molecule has 1 aromatic carbocycles. The van der Waals surface area contributed by atoms with E-state index in [1.807, 2.05) is 6.07 Å². The zero-order valence-corrected chi connectivity index (χ0v) is 10.2. The molecule has 1 spiro atoms. The van der Waals surface area contributed by atoms with Crippen molar-refractivity contribution in [3.63, 3.8) is 0 Å². The zero-order chi connectivity index (χ0) is 12.6. The molecule has 1 unspecified atom stereocenters. The van der Waals surface area contributed by atoms with E-state index in [0.717, 1.165) is 31.2 Å². The largest absolute Gasteiger partial charge is 0.346 e. The molecule has 2 aliphatic rings. The molecule has 1 amide bonds. The standard InChI is InChI=1S/C14H17FN2O/c15-11-5-3-4-10(8-11)12-9-16-14(13(18)17-12)6-1-2-7-14/h3-5,8,12,16H,1-2,6-7,9H2,(H,17,18). The first-order valence-corrected chi connectivity index (χ1v) is 6.51. The van der Waals surface area contributed by atoms with Crippen molar-refractivity contribution in [1.82, 2.24) is 10.6 Å². The summed E-state index contributed by atoms with van der Waals surface area (Å²) in [4.78, 5) is 12.2. The van der Waals surface area contributed by atoms with Crippen LogP contribution in [0.15, 0.2) is 24.3 Å². The number of piperazine rings is 1. The van der Waals surface area contributed by atoms with Gasteiger partial charge in [-0.3, -0.25) is 4.79 Å². The predicted molar refractivity (Wildman–Crippen MR) is 66.5 cm³/mol. The van der Waals surface area contributed by atoms with Crippen LogP contribution in [0.25, 0.3) is 0 Å². The summed E-state index contributed by atoms with van der Waals surface area (Å²) >= 11 is 0. The van der Waals surface area contributed by atoms with Gasteiger partial charge in [0.15, 0.2) is 0 Å². The first-order valence-electron chi connectivity index (χ1n) is 6.51. The third-order valence-corrected chi connectivity index (χ3v) is 4.09. The summed E-state index contributed by atoms with van der Waals surface area (Å²) in [6.45, 7) is 0.676. The van der Waals surface area contributed by atoms with E-state index >= 15 is 0 Å². The second-order valence-electron chi connectivity index (χ2n) is 5.25. The van der Waals surface area contributed by atoms with Gasteiger partial charge in [0, 0.05) is 6.54 Å². The molecule has 1 aliphatic heterocycles. The number of hydrogen-bond acceptors (Lipinski definition) is 2. The van der Waals surface area contributed by atoms with Gasteiger partial charge in [-0.05, 0) is 30.5 Å². The van der Waals surface area contributed by atoms with Gasteiger partial charge in [-0.25, -0.2) is 4.39 Å². The van der Waals surface area contributed by atoms with E-state index in [1.165, 1.54) is 12.1 Å². The molecule has 1 aliphatic carbocycles. The molecule has 3 nitrogen and oxygen atoms in total. The van der Waals surface area contributed by atoms with Gasteiger partial charge in [-0.1, -0.05) is 25.0 Å². The highest BCUT2D eigenvalue weighted by atomic mass is 19.1. The molecule has 1 heterocycles. The van der Waals surface area contributed by atoms with E-state index in [0.29, 0.717) is 6.54 Å². The molecule has 2 N–H and O–H groups in total. The summed E-state index contributed by atoms with van der Waals surface area (Å²) in [6.07, 6.45) is 4.03. The highest BCUT2D eigenvalue weighted by Crippen LogP contribution is 2.33. The molecule has 18 heavy (non-hydrogen) atoms. The Hall–Kier alpha value is -1.42. The Morgan fingerprint density at radius 2 is 2.06 bits per heavy atom. The number of amides is 1. The lowest BCUT2D eigenvalue weighted by molar-refractivity contribution is -0.130. The molecule has 1 saturated carbocycles. The maximum atomic E-state index is 13.2. The van der Waals surface area contributed by atoms with E-state index in [-0.39, 0.29) is 23.3 Å². The lowest BCUT2D eigenvalue weighted by atomic mass is 9.91. The van der Waals surface area contributed by atoms with Crippen LogP contribution in [-0.4, -0.2) is 18.0 Å². The van der Waals surface area contributed by atoms with Gasteiger partial charge in [0.05, 0.1) is 11.6 Å². The smallest absolute Gasteiger partial charge is 0.240 e. The SMILES string of the molecule is O=C1NC(c2cccc(F)c2)CNC12CCCC2. The van der Waals surface area contributed by atoms with E-state index < -0.39 is 0 Å². The summed E-state index contributed by atoms with van der Waals surface area (Å²) in [7, 11) is 0. The van der Waals surface area contributed by atoms with Gasteiger partial charge in [0.1, 0.15) is 5.82 Å². The van der Waals surface area contributed by atoms with Gasteiger partial charge in [0.25, 0.3) is 0 Å². The molecule has 96 valence electrons. The van der Waals surface area contributed by atoms with Crippen LogP contribution < -0.4 is 10.6 Å². The van der Waals surface area contributed by atoms with Gasteiger partial charge in [0.2, 0.25) is 5.91 Å². The van der Waals surface area contributed by atoms with Crippen LogP contribution in [-0.2, 0) is 4.79 Å². The number of carbonyl (C=O) groups is 1. The van der Waals surface area contributed by atoms with Crippen LogP contribution in [0.2, 0.25) is 0 Å². The third kappa shape index (κ3) is 1.90. The molecule has 0 bridgehead atoms. The van der Waals surface area contributed by atoms with E-state index in [1.54, 1.807) is 6.07 Å². The first kappa shape index (κ1) is 11.7. The maximum absolute atomic E-state index is 13.2. The monoisotopic (exact) mass is 248 g/mol. The Morgan fingerprint density at radius 1 is 1.28 bits per heavy atom. The zero-order valence-electron chi connectivity index (χ0n) is 10.2. The minimum Gasteiger partial charge on any atom is -0.346 e. The van der Waals surface area contributed by atoms with Gasteiger partial charge >= 0.3 is 0 Å². The first-order chi connectivity index (χ1) is 8.70. The Balaban J connectivity index is 1.77. The van der Waals surface area contributed by atoms with E-state index in [2.05, 4.69) is 10.6 Å². The third-order valence-electron chi connectivity index (χ3n) is 4.09. The van der Waals surface area contributed by atoms with Crippen molar-refractivity contribution in [3.05, 3.63) is 35.6 Å². The molecule has 2 fully saturated rings. The molecule has 1 aromatic rings. The van der Waals surface area contributed by atoms with E-state index in [9.17, 15) is 9.18 Å². The molecule has 1 atom stereocenters. The van der Waals surface area contributed by atoms with Crippen molar-refractivity contribution in [2.45, 2.75) is 37.3 Å². The molecule has 0 aromatic heterocycles. The number of carbonyl (C=O) groups excluding carboxylic acids is 1. The fraction of sp³-hybridized carbons (Fsp3) is 0.500. The Bertz CT molecular complexity index is 469. The van der Waals surface area contributed by atoms with Crippen molar-refractivity contribution in [3.8, 4) is 0 Å². The Labute approximate surface area is 106 Å². The fourth-order valence-corrected chi connectivity index (χ4v) is 3.03. The number of hydrogen-bond donors (Lipinski definition) is 2. The number of nitrogens with one attached hydrogen (secondary N) is 2. The molecule has 0 radical (unpaired) electrons. The van der Waals surface area contributed by atoms with Crippen LogP contribution in [0.3, 0.4) is 0 Å². The number of rotatable bonds is 1. The number of benzene rings is 1. The lowest BCUT2D eigenvalue weighted by Crippen LogP contribution is -2.62. The normalized spacial score (nSPS) is 26.3. The molecule has 3 rings (SSSR count). The summed E-state index contributed by atoms with van der Waals surface area (Å²) in [5.41, 5.74) is 0.466. The van der Waals surface area contributed by atoms with Crippen LogP contribution in [0.1, 0.15) is 37.3 Å². The lowest BCUT2D eigenvalue weighted by Gasteiger charge is -2.38. The molecule has 4 heteroatoms. The van der Waals surface area contributed by atoms with Gasteiger partial charge in [-0.15, -0.1) is 0 Å². The average Bonchev–Trinajstić information content (AvgIpc) is 2.83. The van der Waals surface area contributed by atoms with Crippen LogP contribution in [0, 0.1) is 5.82 Å². The summed E-state index contributed by atoms with van der Waals surface area (Å²) in [5.74, 6) is -0.191. The van der Waals surface area contributed by atoms with Crippen LogP contribution >= 0.6 is 0 Å². The summed E-state index contributed by atoms with van der Waals surface area (Å²) in [6, 6.07) is 6.30. The van der Waals surface area contributed by atoms with Crippen molar-refractivity contribution in [2.24, 2.45) is 0 Å². The Kier molecular flexibility index (Phi) is 2.82. The van der Waals surface area contributed by atoms with Gasteiger partial charge < -0.3 is 10.6 Å². The molecular formula is C14H17FN2O.